The number of hydrogen-bond acceptors (Lipinski definition) is 5. The zero-order valence-electron chi connectivity index (χ0n) is 7.90. The zero-order valence-corrected chi connectivity index (χ0v) is 7.90. The van der Waals surface area contributed by atoms with Gasteiger partial charge in [0.2, 0.25) is 11.9 Å². The van der Waals surface area contributed by atoms with E-state index in [1.165, 1.54) is 0 Å². The van der Waals surface area contributed by atoms with E-state index >= 15 is 0 Å². The van der Waals surface area contributed by atoms with E-state index in [0.717, 1.165) is 0 Å². The van der Waals surface area contributed by atoms with Crippen molar-refractivity contribution in [2.24, 2.45) is 5.73 Å². The normalized spacial score (nSPS) is 12.1. The molecule has 5 N–H and O–H groups in total. The van der Waals surface area contributed by atoms with Gasteiger partial charge in [0.05, 0.1) is 0 Å². The molecule has 14 heavy (non-hydrogen) atoms. The molecule has 76 valence electrons. The van der Waals surface area contributed by atoms with Crippen molar-refractivity contribution in [2.45, 2.75) is 19.4 Å². The van der Waals surface area contributed by atoms with Gasteiger partial charge in [-0.25, -0.2) is 4.98 Å². The third kappa shape index (κ3) is 3.26. The summed E-state index contributed by atoms with van der Waals surface area (Å²) in [6, 6.07) is 1.48. The fourth-order valence-electron chi connectivity index (χ4n) is 1.02. The Balaban J connectivity index is 2.55. The van der Waals surface area contributed by atoms with Crippen molar-refractivity contribution >= 4 is 17.7 Å². The van der Waals surface area contributed by atoms with Crippen molar-refractivity contribution in [2.75, 3.05) is 11.1 Å². The van der Waals surface area contributed by atoms with Gasteiger partial charge in [0.1, 0.15) is 5.82 Å². The summed E-state index contributed by atoms with van der Waals surface area (Å²) in [5.74, 6) is 0.418. The van der Waals surface area contributed by atoms with Gasteiger partial charge in [0.25, 0.3) is 0 Å². The van der Waals surface area contributed by atoms with E-state index in [-0.39, 0.29) is 18.4 Å². The molecule has 1 atom stereocenters. The summed E-state index contributed by atoms with van der Waals surface area (Å²) in [5.41, 5.74) is 10.5. The second kappa shape index (κ2) is 4.40. The number of primary amides is 1. The highest BCUT2D eigenvalue weighted by atomic mass is 16.1. The quantitative estimate of drug-likeness (QED) is 0.613. The average Bonchev–Trinajstić information content (AvgIpc) is 2.01. The molecular formula is C8H13N5O. The van der Waals surface area contributed by atoms with E-state index in [2.05, 4.69) is 15.3 Å². The van der Waals surface area contributed by atoms with Gasteiger partial charge in [-0.15, -0.1) is 0 Å². The highest BCUT2D eigenvalue weighted by Gasteiger charge is 2.06. The minimum absolute atomic E-state index is 0.103. The molecule has 0 radical (unpaired) electrons. The zero-order chi connectivity index (χ0) is 10.6. The fourth-order valence-corrected chi connectivity index (χ4v) is 1.02. The summed E-state index contributed by atoms with van der Waals surface area (Å²) >= 11 is 0. The Hall–Kier alpha value is -1.85. The van der Waals surface area contributed by atoms with E-state index in [0.29, 0.717) is 11.8 Å². The first-order chi connectivity index (χ1) is 6.58. The van der Waals surface area contributed by atoms with Crippen molar-refractivity contribution in [3.63, 3.8) is 0 Å². The molecule has 0 spiro atoms. The van der Waals surface area contributed by atoms with Crippen LogP contribution in [0.5, 0.6) is 0 Å². The van der Waals surface area contributed by atoms with E-state index < -0.39 is 0 Å². The van der Waals surface area contributed by atoms with Crippen LogP contribution in [0.25, 0.3) is 0 Å². The number of nitrogen functional groups attached to an aromatic ring is 1. The first-order valence-electron chi connectivity index (χ1n) is 4.21. The molecule has 1 amide bonds. The maximum Gasteiger partial charge on any atom is 0.224 e. The van der Waals surface area contributed by atoms with Crippen LogP contribution in [0.15, 0.2) is 12.3 Å². The number of carbonyl (C=O) groups is 1. The largest absolute Gasteiger partial charge is 0.384 e. The van der Waals surface area contributed by atoms with Gasteiger partial charge in [-0.2, -0.15) is 4.98 Å². The van der Waals surface area contributed by atoms with Crippen molar-refractivity contribution in [3.8, 4) is 0 Å². The van der Waals surface area contributed by atoms with Gasteiger partial charge in [0.15, 0.2) is 0 Å². The van der Waals surface area contributed by atoms with Crippen LogP contribution in [-0.2, 0) is 4.79 Å². The van der Waals surface area contributed by atoms with E-state index in [4.69, 9.17) is 11.5 Å². The molecule has 1 aromatic heterocycles. The summed E-state index contributed by atoms with van der Waals surface area (Å²) in [6.07, 6.45) is 1.78. The number of aromatic nitrogens is 2. The Morgan fingerprint density at radius 1 is 1.71 bits per heavy atom. The van der Waals surface area contributed by atoms with Crippen LogP contribution >= 0.6 is 0 Å². The molecule has 6 heteroatoms. The predicted molar refractivity (Wildman–Crippen MR) is 53.3 cm³/mol. The highest BCUT2D eigenvalue weighted by molar-refractivity contribution is 5.74. The van der Waals surface area contributed by atoms with Crippen LogP contribution < -0.4 is 16.8 Å². The van der Waals surface area contributed by atoms with Crippen molar-refractivity contribution in [1.29, 1.82) is 0 Å². The molecular weight excluding hydrogens is 182 g/mol. The van der Waals surface area contributed by atoms with Crippen LogP contribution in [0.4, 0.5) is 11.8 Å². The summed E-state index contributed by atoms with van der Waals surface area (Å²) in [7, 11) is 0. The number of amides is 1. The Morgan fingerprint density at radius 3 is 3.00 bits per heavy atom. The van der Waals surface area contributed by atoms with Crippen LogP contribution in [0, 0.1) is 0 Å². The lowest BCUT2D eigenvalue weighted by Crippen LogP contribution is -2.24. The van der Waals surface area contributed by atoms with Gasteiger partial charge in [0, 0.05) is 18.7 Å². The molecule has 0 aliphatic carbocycles. The number of nitrogens with two attached hydrogens (primary N) is 2. The third-order valence-corrected chi connectivity index (χ3v) is 1.56. The molecule has 0 aliphatic heterocycles. The Bertz CT molecular complexity index is 327. The van der Waals surface area contributed by atoms with Crippen LogP contribution in [0.3, 0.4) is 0 Å². The molecule has 0 saturated heterocycles. The molecule has 0 aliphatic rings. The number of rotatable bonds is 4. The maximum absolute atomic E-state index is 10.6. The van der Waals surface area contributed by atoms with E-state index in [1.54, 1.807) is 12.3 Å². The minimum Gasteiger partial charge on any atom is -0.384 e. The lowest BCUT2D eigenvalue weighted by Gasteiger charge is -2.11. The first kappa shape index (κ1) is 10.2. The predicted octanol–water partition coefficient (Wildman–Crippen LogP) is -0.265. The summed E-state index contributed by atoms with van der Waals surface area (Å²) < 4.78 is 0. The molecule has 1 rings (SSSR count). The number of nitrogens with one attached hydrogen (secondary N) is 1. The SMILES string of the molecule is CC(CC(N)=O)Nc1nccc(N)n1. The lowest BCUT2D eigenvalue weighted by molar-refractivity contribution is -0.118. The molecule has 1 heterocycles. The third-order valence-electron chi connectivity index (χ3n) is 1.56. The lowest BCUT2D eigenvalue weighted by atomic mass is 10.2. The van der Waals surface area contributed by atoms with Gasteiger partial charge in [-0.1, -0.05) is 0 Å². The van der Waals surface area contributed by atoms with E-state index in [1.807, 2.05) is 6.92 Å². The van der Waals surface area contributed by atoms with Crippen molar-refractivity contribution < 1.29 is 4.79 Å². The van der Waals surface area contributed by atoms with Gasteiger partial charge in [-0.3, -0.25) is 4.79 Å². The minimum atomic E-state index is -0.367. The fraction of sp³-hybridized carbons (Fsp3) is 0.375. The molecule has 0 bridgehead atoms. The standard InChI is InChI=1S/C8H13N5O/c1-5(4-7(10)14)12-8-11-3-2-6(9)13-8/h2-3,5H,4H2,1H3,(H2,10,14)(H3,9,11,12,13). The molecule has 0 aromatic carbocycles. The summed E-state index contributed by atoms with van der Waals surface area (Å²) in [4.78, 5) is 18.4. The monoisotopic (exact) mass is 195 g/mol. The maximum atomic E-state index is 10.6. The number of anilines is 2. The number of nitrogens with zero attached hydrogens (tertiary/aromatic N) is 2. The summed E-state index contributed by atoms with van der Waals surface area (Å²) in [6.45, 7) is 1.82. The Labute approximate surface area is 81.7 Å². The molecule has 6 nitrogen and oxygen atoms in total. The van der Waals surface area contributed by atoms with Crippen LogP contribution in [0.1, 0.15) is 13.3 Å². The molecule has 0 saturated carbocycles. The van der Waals surface area contributed by atoms with Gasteiger partial charge in [-0.05, 0) is 13.0 Å². The van der Waals surface area contributed by atoms with Gasteiger partial charge < -0.3 is 16.8 Å². The Kier molecular flexibility index (Phi) is 3.22. The second-order valence-corrected chi connectivity index (χ2v) is 3.02. The van der Waals surface area contributed by atoms with Crippen molar-refractivity contribution in [1.82, 2.24) is 9.97 Å². The van der Waals surface area contributed by atoms with Gasteiger partial charge >= 0.3 is 0 Å². The molecule has 1 aromatic rings. The number of carbonyl (C=O) groups excluding carboxylic acids is 1. The highest BCUT2D eigenvalue weighted by Crippen LogP contribution is 2.04. The number of hydrogen-bond donors (Lipinski definition) is 3. The van der Waals surface area contributed by atoms with Crippen molar-refractivity contribution in [3.05, 3.63) is 12.3 Å². The summed E-state index contributed by atoms with van der Waals surface area (Å²) in [5, 5.41) is 2.91. The van der Waals surface area contributed by atoms with E-state index in [9.17, 15) is 4.79 Å². The molecule has 0 fully saturated rings. The van der Waals surface area contributed by atoms with Crippen LogP contribution in [-0.4, -0.2) is 21.9 Å². The second-order valence-electron chi connectivity index (χ2n) is 3.02. The van der Waals surface area contributed by atoms with Crippen LogP contribution in [0.2, 0.25) is 0 Å². The topological polar surface area (TPSA) is 107 Å². The first-order valence-corrected chi connectivity index (χ1v) is 4.21. The Morgan fingerprint density at radius 2 is 2.43 bits per heavy atom. The molecule has 1 unspecified atom stereocenters. The smallest absolute Gasteiger partial charge is 0.224 e. The average molecular weight is 195 g/mol.